The average molecular weight is 457 g/mol. The van der Waals surface area contributed by atoms with Crippen molar-refractivity contribution < 1.29 is 13.2 Å². The number of piperazine rings is 1. The van der Waals surface area contributed by atoms with Crippen molar-refractivity contribution >= 4 is 27.6 Å². The molecule has 32 heavy (non-hydrogen) atoms. The van der Waals surface area contributed by atoms with E-state index in [9.17, 15) is 13.2 Å². The molecule has 1 fully saturated rings. The van der Waals surface area contributed by atoms with Gasteiger partial charge in [-0.2, -0.15) is 4.68 Å². The number of para-hydroxylation sites is 1. The van der Waals surface area contributed by atoms with E-state index in [0.29, 0.717) is 24.6 Å². The quantitative estimate of drug-likeness (QED) is 0.523. The summed E-state index contributed by atoms with van der Waals surface area (Å²) in [6, 6.07) is 15.6. The molecule has 0 radical (unpaired) electrons. The first-order chi connectivity index (χ1) is 15.4. The minimum Gasteiger partial charge on any atom is -0.337 e. The summed E-state index contributed by atoms with van der Waals surface area (Å²) in [5.41, 5.74) is 1.30. The summed E-state index contributed by atoms with van der Waals surface area (Å²) in [7, 11) is -3.82. The van der Waals surface area contributed by atoms with Gasteiger partial charge < -0.3 is 10.2 Å². The molecule has 0 unspecified atom stereocenters. The zero-order chi connectivity index (χ0) is 22.6. The van der Waals surface area contributed by atoms with E-state index in [-0.39, 0.29) is 10.8 Å². The Bertz CT molecular complexity index is 1170. The van der Waals surface area contributed by atoms with Gasteiger partial charge in [-0.3, -0.25) is 9.69 Å². The molecule has 1 aromatic heterocycles. The molecule has 0 aliphatic carbocycles. The maximum absolute atomic E-state index is 12.3. The molecule has 2 aromatic carbocycles. The molecule has 2 heterocycles. The Hall–Kier alpha value is -3.35. The van der Waals surface area contributed by atoms with Gasteiger partial charge in [0.2, 0.25) is 21.9 Å². The van der Waals surface area contributed by atoms with Gasteiger partial charge in [0.1, 0.15) is 0 Å². The molecule has 1 amide bonds. The van der Waals surface area contributed by atoms with E-state index >= 15 is 0 Å². The maximum Gasteiger partial charge on any atom is 0.250 e. The Morgan fingerprint density at radius 3 is 2.50 bits per heavy atom. The van der Waals surface area contributed by atoms with Crippen LogP contribution < -0.4 is 15.4 Å². The van der Waals surface area contributed by atoms with Gasteiger partial charge in [0, 0.05) is 44.8 Å². The topological polar surface area (TPSA) is 139 Å². The zero-order valence-electron chi connectivity index (χ0n) is 17.3. The number of carbonyl (C=O) groups is 1. The van der Waals surface area contributed by atoms with Crippen LogP contribution in [0.15, 0.2) is 59.5 Å². The average Bonchev–Trinajstić information content (AvgIpc) is 3.28. The van der Waals surface area contributed by atoms with Crippen LogP contribution >= 0.6 is 0 Å². The Kier molecular flexibility index (Phi) is 6.44. The van der Waals surface area contributed by atoms with Gasteiger partial charge in [-0.1, -0.05) is 29.4 Å². The summed E-state index contributed by atoms with van der Waals surface area (Å²) in [4.78, 5) is 16.6. The third kappa shape index (κ3) is 5.28. The van der Waals surface area contributed by atoms with E-state index < -0.39 is 10.0 Å². The minimum atomic E-state index is -3.82. The van der Waals surface area contributed by atoms with Crippen LogP contribution in [0.3, 0.4) is 0 Å². The molecule has 3 N–H and O–H groups in total. The second kappa shape index (κ2) is 9.42. The lowest BCUT2D eigenvalue weighted by Gasteiger charge is -2.34. The monoisotopic (exact) mass is 456 g/mol. The molecule has 12 heteroatoms. The number of hydrogen-bond donors (Lipinski definition) is 2. The fourth-order valence-corrected chi connectivity index (χ4v) is 4.08. The number of nitrogens with one attached hydrogen (secondary N) is 1. The Morgan fingerprint density at radius 2 is 1.78 bits per heavy atom. The van der Waals surface area contributed by atoms with Crippen LogP contribution in [0.4, 0.5) is 11.6 Å². The number of nitrogens with zero attached hydrogens (tertiary/aromatic N) is 6. The lowest BCUT2D eigenvalue weighted by molar-refractivity contribution is -0.116. The number of carbonyl (C=O) groups excluding carboxylic acids is 1. The SMILES string of the molecule is NS(=O)(=O)c1cccc(NC(=O)CCN2CCN(c3nnnn3-c3ccccc3)CC2)c1. The third-order valence-corrected chi connectivity index (χ3v) is 6.12. The van der Waals surface area contributed by atoms with Gasteiger partial charge in [0.15, 0.2) is 0 Å². The van der Waals surface area contributed by atoms with Crippen LogP contribution in [0.25, 0.3) is 5.69 Å². The fraction of sp³-hybridized carbons (Fsp3) is 0.300. The highest BCUT2D eigenvalue weighted by Crippen LogP contribution is 2.17. The lowest BCUT2D eigenvalue weighted by atomic mass is 10.2. The number of benzene rings is 2. The summed E-state index contributed by atoms with van der Waals surface area (Å²) in [5.74, 6) is 0.510. The van der Waals surface area contributed by atoms with Crippen molar-refractivity contribution in [3.8, 4) is 5.69 Å². The predicted octanol–water partition coefficient (Wildman–Crippen LogP) is 0.461. The molecule has 4 rings (SSSR count). The van der Waals surface area contributed by atoms with Crippen molar-refractivity contribution in [2.75, 3.05) is 42.9 Å². The molecule has 0 spiro atoms. The third-order valence-electron chi connectivity index (χ3n) is 5.21. The second-order valence-corrected chi connectivity index (χ2v) is 8.99. The Balaban J connectivity index is 1.27. The van der Waals surface area contributed by atoms with Gasteiger partial charge in [0.05, 0.1) is 10.6 Å². The summed E-state index contributed by atoms with van der Waals surface area (Å²) < 4.78 is 24.6. The van der Waals surface area contributed by atoms with Crippen LogP contribution in [0.1, 0.15) is 6.42 Å². The van der Waals surface area contributed by atoms with E-state index in [1.165, 1.54) is 18.2 Å². The summed E-state index contributed by atoms with van der Waals surface area (Å²) in [6.45, 7) is 3.63. The van der Waals surface area contributed by atoms with Gasteiger partial charge in [-0.05, 0) is 40.8 Å². The van der Waals surface area contributed by atoms with E-state index in [2.05, 4.69) is 30.6 Å². The molecule has 0 atom stereocenters. The highest BCUT2D eigenvalue weighted by Gasteiger charge is 2.22. The summed E-state index contributed by atoms with van der Waals surface area (Å²) in [5, 5.41) is 20.0. The van der Waals surface area contributed by atoms with E-state index in [1.807, 2.05) is 30.3 Å². The second-order valence-electron chi connectivity index (χ2n) is 7.43. The fourth-order valence-electron chi connectivity index (χ4n) is 3.52. The molecule has 1 saturated heterocycles. The Labute approximate surface area is 185 Å². The van der Waals surface area contributed by atoms with Gasteiger partial charge in [0.25, 0.3) is 0 Å². The molecule has 3 aromatic rings. The highest BCUT2D eigenvalue weighted by molar-refractivity contribution is 7.89. The van der Waals surface area contributed by atoms with Gasteiger partial charge >= 0.3 is 0 Å². The molecular weight excluding hydrogens is 432 g/mol. The number of aromatic nitrogens is 4. The number of anilines is 2. The number of primary sulfonamides is 1. The van der Waals surface area contributed by atoms with Crippen LogP contribution in [0.5, 0.6) is 0 Å². The molecule has 11 nitrogen and oxygen atoms in total. The summed E-state index contributed by atoms with van der Waals surface area (Å²) in [6.07, 6.45) is 0.293. The predicted molar refractivity (Wildman–Crippen MR) is 119 cm³/mol. The summed E-state index contributed by atoms with van der Waals surface area (Å²) >= 11 is 0. The number of nitrogens with two attached hydrogens (primary N) is 1. The van der Waals surface area contributed by atoms with Crippen molar-refractivity contribution in [1.29, 1.82) is 0 Å². The van der Waals surface area contributed by atoms with Crippen LogP contribution in [-0.2, 0) is 14.8 Å². The van der Waals surface area contributed by atoms with Crippen LogP contribution in [-0.4, -0.2) is 72.2 Å². The van der Waals surface area contributed by atoms with Crippen molar-refractivity contribution in [2.24, 2.45) is 5.14 Å². The zero-order valence-corrected chi connectivity index (χ0v) is 18.1. The molecule has 168 valence electrons. The number of hydrogen-bond acceptors (Lipinski definition) is 8. The first kappa shape index (κ1) is 21.9. The normalized spacial score (nSPS) is 15.0. The lowest BCUT2D eigenvalue weighted by Crippen LogP contribution is -2.47. The standard InChI is InChI=1S/C20H24N8O3S/c21-32(30,31)18-8-4-5-16(15-18)22-19(29)9-10-26-11-13-27(14-12-26)20-23-24-25-28(20)17-6-2-1-3-7-17/h1-8,15H,9-14H2,(H,22,29)(H2,21,30,31). The first-order valence-corrected chi connectivity index (χ1v) is 11.7. The van der Waals surface area contributed by atoms with Crippen molar-refractivity contribution in [1.82, 2.24) is 25.1 Å². The number of tetrazole rings is 1. The van der Waals surface area contributed by atoms with Crippen molar-refractivity contribution in [3.63, 3.8) is 0 Å². The van der Waals surface area contributed by atoms with E-state index in [1.54, 1.807) is 10.7 Å². The van der Waals surface area contributed by atoms with E-state index in [4.69, 9.17) is 5.14 Å². The van der Waals surface area contributed by atoms with Crippen LogP contribution in [0.2, 0.25) is 0 Å². The number of amides is 1. The number of sulfonamides is 1. The number of rotatable bonds is 7. The largest absolute Gasteiger partial charge is 0.337 e. The Morgan fingerprint density at radius 1 is 1.03 bits per heavy atom. The molecule has 1 aliphatic heterocycles. The van der Waals surface area contributed by atoms with E-state index in [0.717, 1.165) is 31.9 Å². The smallest absolute Gasteiger partial charge is 0.250 e. The van der Waals surface area contributed by atoms with Crippen molar-refractivity contribution in [2.45, 2.75) is 11.3 Å². The minimum absolute atomic E-state index is 0.0377. The van der Waals surface area contributed by atoms with Gasteiger partial charge in [-0.15, -0.1) is 0 Å². The van der Waals surface area contributed by atoms with Crippen molar-refractivity contribution in [3.05, 3.63) is 54.6 Å². The maximum atomic E-state index is 12.3. The molecule has 0 saturated carbocycles. The highest BCUT2D eigenvalue weighted by atomic mass is 32.2. The molecule has 1 aliphatic rings. The molecular formula is C20H24N8O3S. The molecule has 0 bridgehead atoms. The first-order valence-electron chi connectivity index (χ1n) is 10.1. The van der Waals surface area contributed by atoms with Crippen LogP contribution in [0, 0.1) is 0 Å². The van der Waals surface area contributed by atoms with Gasteiger partial charge in [-0.25, -0.2) is 13.6 Å².